The van der Waals surface area contributed by atoms with Gasteiger partial charge in [0.25, 0.3) is 5.91 Å². The Morgan fingerprint density at radius 1 is 1.00 bits per heavy atom. The van der Waals surface area contributed by atoms with Gasteiger partial charge in [0.1, 0.15) is 22.3 Å². The zero-order valence-electron chi connectivity index (χ0n) is 17.3. The molecule has 0 radical (unpaired) electrons. The topological polar surface area (TPSA) is 134 Å². The number of nitriles is 1. The van der Waals surface area contributed by atoms with Crippen molar-refractivity contribution < 1.29 is 27.3 Å². The van der Waals surface area contributed by atoms with Gasteiger partial charge >= 0.3 is 16.1 Å². The van der Waals surface area contributed by atoms with E-state index in [1.165, 1.54) is 54.6 Å². The number of benzene rings is 3. The number of carboxylic acid groups (broad SMARTS) is 1. The third-order valence-corrected chi connectivity index (χ3v) is 5.73. The largest absolute Gasteiger partial charge is 0.478 e. The number of carboxylic acids is 1. The molecule has 0 saturated carbocycles. The molecule has 0 unspecified atom stereocenters. The minimum Gasteiger partial charge on any atom is -0.478 e. The van der Waals surface area contributed by atoms with Crippen LogP contribution in [0.3, 0.4) is 0 Å². The first-order valence-corrected chi connectivity index (χ1v) is 11.0. The number of carbonyl (C=O) groups excluding carboxylic acids is 1. The summed E-state index contributed by atoms with van der Waals surface area (Å²) in [5.74, 6) is -1.91. The van der Waals surface area contributed by atoms with Gasteiger partial charge in [-0.25, -0.2) is 4.79 Å². The van der Waals surface area contributed by atoms with Crippen molar-refractivity contribution >= 4 is 33.8 Å². The number of hydrogen-bond acceptors (Lipinski definition) is 6. The molecule has 0 aliphatic rings. The van der Waals surface area contributed by atoms with Crippen LogP contribution in [0.1, 0.15) is 21.5 Å². The Morgan fingerprint density at radius 3 is 2.24 bits per heavy atom. The Hall–Kier alpha value is -4.42. The molecule has 3 rings (SSSR count). The van der Waals surface area contributed by atoms with Crippen LogP contribution in [0.5, 0.6) is 5.75 Å². The van der Waals surface area contributed by atoms with Crippen LogP contribution in [0.25, 0.3) is 6.08 Å². The average Bonchev–Trinajstić information content (AvgIpc) is 2.78. The summed E-state index contributed by atoms with van der Waals surface area (Å²) >= 11 is 0. The van der Waals surface area contributed by atoms with E-state index in [2.05, 4.69) is 5.32 Å². The van der Waals surface area contributed by atoms with Crippen molar-refractivity contribution in [2.24, 2.45) is 0 Å². The van der Waals surface area contributed by atoms with E-state index in [0.717, 1.165) is 5.56 Å². The SMILES string of the molecule is Cc1ccc(S(=O)(=O)Oc2ccccc2/C=C(\C#N)C(=O)Nc2ccc(C(=O)O)cc2)cc1. The number of para-hydroxylation sites is 1. The third kappa shape index (κ3) is 5.84. The van der Waals surface area contributed by atoms with Gasteiger partial charge in [0.2, 0.25) is 0 Å². The first kappa shape index (κ1) is 23.2. The summed E-state index contributed by atoms with van der Waals surface area (Å²) in [6, 6.07) is 19.4. The summed E-state index contributed by atoms with van der Waals surface area (Å²) in [5, 5.41) is 20.9. The normalized spacial score (nSPS) is 11.3. The predicted molar refractivity (Wildman–Crippen MR) is 121 cm³/mol. The van der Waals surface area contributed by atoms with Gasteiger partial charge in [-0.2, -0.15) is 13.7 Å². The second-order valence-electron chi connectivity index (χ2n) is 6.89. The van der Waals surface area contributed by atoms with E-state index in [0.29, 0.717) is 0 Å². The first-order chi connectivity index (χ1) is 15.7. The maximum absolute atomic E-state index is 12.6. The summed E-state index contributed by atoms with van der Waals surface area (Å²) in [6.45, 7) is 1.83. The fraction of sp³-hybridized carbons (Fsp3) is 0.0417. The highest BCUT2D eigenvalue weighted by atomic mass is 32.2. The number of nitrogens with zero attached hydrogens (tertiary/aromatic N) is 1. The second-order valence-corrected chi connectivity index (χ2v) is 8.44. The van der Waals surface area contributed by atoms with Crippen LogP contribution >= 0.6 is 0 Å². The highest BCUT2D eigenvalue weighted by Crippen LogP contribution is 2.25. The van der Waals surface area contributed by atoms with Crippen molar-refractivity contribution in [1.29, 1.82) is 5.26 Å². The lowest BCUT2D eigenvalue weighted by Gasteiger charge is -2.10. The minimum absolute atomic E-state index is 0.0325. The zero-order valence-corrected chi connectivity index (χ0v) is 18.2. The fourth-order valence-corrected chi connectivity index (χ4v) is 3.70. The summed E-state index contributed by atoms with van der Waals surface area (Å²) in [7, 11) is -4.14. The lowest BCUT2D eigenvalue weighted by Crippen LogP contribution is -2.14. The van der Waals surface area contributed by atoms with E-state index < -0.39 is 22.0 Å². The number of hydrogen-bond donors (Lipinski definition) is 2. The molecular formula is C24H18N2O6S. The van der Waals surface area contributed by atoms with Crippen LogP contribution in [0, 0.1) is 18.3 Å². The van der Waals surface area contributed by atoms with Crippen LogP contribution in [0.15, 0.2) is 83.3 Å². The Bertz CT molecular complexity index is 1370. The van der Waals surface area contributed by atoms with Gasteiger partial charge in [0.15, 0.2) is 0 Å². The Kier molecular flexibility index (Phi) is 6.91. The average molecular weight is 462 g/mol. The molecule has 9 heteroatoms. The molecular weight excluding hydrogens is 444 g/mol. The highest BCUT2D eigenvalue weighted by Gasteiger charge is 2.19. The lowest BCUT2D eigenvalue weighted by atomic mass is 10.1. The lowest BCUT2D eigenvalue weighted by molar-refractivity contribution is -0.112. The number of amides is 1. The van der Waals surface area contributed by atoms with Gasteiger partial charge in [-0.05, 0) is 55.5 Å². The van der Waals surface area contributed by atoms with Gasteiger partial charge in [-0.1, -0.05) is 35.9 Å². The van der Waals surface area contributed by atoms with E-state index in [1.807, 2.05) is 6.92 Å². The summed E-state index contributed by atoms with van der Waals surface area (Å²) in [4.78, 5) is 23.4. The molecule has 0 aromatic heterocycles. The molecule has 33 heavy (non-hydrogen) atoms. The van der Waals surface area contributed by atoms with Gasteiger partial charge in [-0.15, -0.1) is 0 Å². The molecule has 3 aromatic rings. The molecule has 1 amide bonds. The van der Waals surface area contributed by atoms with E-state index in [-0.39, 0.29) is 33.0 Å². The van der Waals surface area contributed by atoms with Crippen LogP contribution in [0.2, 0.25) is 0 Å². The maximum Gasteiger partial charge on any atom is 0.339 e. The fourth-order valence-electron chi connectivity index (χ4n) is 2.75. The van der Waals surface area contributed by atoms with Gasteiger partial charge in [-0.3, -0.25) is 4.79 Å². The quantitative estimate of drug-likeness (QED) is 0.308. The van der Waals surface area contributed by atoms with Crippen molar-refractivity contribution in [2.75, 3.05) is 5.32 Å². The monoisotopic (exact) mass is 462 g/mol. The highest BCUT2D eigenvalue weighted by molar-refractivity contribution is 7.87. The van der Waals surface area contributed by atoms with Crippen LogP contribution in [-0.2, 0) is 14.9 Å². The molecule has 0 bridgehead atoms. The van der Waals surface area contributed by atoms with Gasteiger partial charge < -0.3 is 14.6 Å². The van der Waals surface area contributed by atoms with Crippen molar-refractivity contribution in [1.82, 2.24) is 0 Å². The molecule has 0 aliphatic heterocycles. The molecule has 2 N–H and O–H groups in total. The molecule has 0 fully saturated rings. The molecule has 3 aromatic carbocycles. The van der Waals surface area contributed by atoms with Gasteiger partial charge in [0.05, 0.1) is 5.56 Å². The molecule has 0 spiro atoms. The second kappa shape index (κ2) is 9.80. The van der Waals surface area contributed by atoms with E-state index in [4.69, 9.17) is 9.29 Å². The smallest absolute Gasteiger partial charge is 0.339 e. The van der Waals surface area contributed by atoms with Crippen LogP contribution < -0.4 is 9.50 Å². The molecule has 0 heterocycles. The number of nitrogens with one attached hydrogen (secondary N) is 1. The van der Waals surface area contributed by atoms with Gasteiger partial charge in [0, 0.05) is 11.3 Å². The zero-order chi connectivity index (χ0) is 24.0. The van der Waals surface area contributed by atoms with E-state index in [1.54, 1.807) is 30.3 Å². The Morgan fingerprint density at radius 2 is 1.64 bits per heavy atom. The maximum atomic E-state index is 12.6. The standard InChI is InChI=1S/C24H18N2O6S/c1-16-6-12-21(13-7-16)33(30,31)32-22-5-3-2-4-18(22)14-19(15-25)23(27)26-20-10-8-17(9-11-20)24(28)29/h2-14H,1H3,(H,26,27)(H,28,29)/b19-14+. The summed E-state index contributed by atoms with van der Waals surface area (Å²) < 4.78 is 30.6. The van der Waals surface area contributed by atoms with Crippen molar-refractivity contribution in [3.8, 4) is 11.8 Å². The summed E-state index contributed by atoms with van der Waals surface area (Å²) in [5.41, 5.74) is 1.13. The number of carbonyl (C=O) groups is 2. The molecule has 0 aliphatic carbocycles. The predicted octanol–water partition coefficient (Wildman–Crippen LogP) is 4.01. The summed E-state index contributed by atoms with van der Waals surface area (Å²) in [6.07, 6.45) is 1.21. The van der Waals surface area contributed by atoms with E-state index in [9.17, 15) is 23.3 Å². The number of anilines is 1. The van der Waals surface area contributed by atoms with E-state index >= 15 is 0 Å². The molecule has 8 nitrogen and oxygen atoms in total. The molecule has 0 atom stereocenters. The number of aryl methyl sites for hydroxylation is 1. The minimum atomic E-state index is -4.14. The third-order valence-electron chi connectivity index (χ3n) is 4.48. The Balaban J connectivity index is 1.85. The number of aromatic carboxylic acids is 1. The van der Waals surface area contributed by atoms with Crippen molar-refractivity contribution in [2.45, 2.75) is 11.8 Å². The van der Waals surface area contributed by atoms with Crippen LogP contribution in [0.4, 0.5) is 5.69 Å². The molecule has 0 saturated heterocycles. The van der Waals surface area contributed by atoms with Crippen LogP contribution in [-0.4, -0.2) is 25.4 Å². The first-order valence-electron chi connectivity index (χ1n) is 9.56. The van der Waals surface area contributed by atoms with Crippen molar-refractivity contribution in [3.05, 3.63) is 95.1 Å². The van der Waals surface area contributed by atoms with Crippen molar-refractivity contribution in [3.63, 3.8) is 0 Å². The number of rotatable bonds is 7. The molecule has 166 valence electrons. The Labute approximate surface area is 190 Å².